The first kappa shape index (κ1) is 21.7. The zero-order chi connectivity index (χ0) is 23.4. The summed E-state index contributed by atoms with van der Waals surface area (Å²) < 4.78 is 6.74. The molecule has 0 unspecified atom stereocenters. The average molecular weight is 448 g/mol. The van der Waals surface area contributed by atoms with Crippen molar-refractivity contribution >= 4 is 17.4 Å². The molecule has 168 valence electrons. The molecule has 0 atom stereocenters. The summed E-state index contributed by atoms with van der Waals surface area (Å²) in [6.07, 6.45) is 2.92. The molecule has 4 aromatic rings. The van der Waals surface area contributed by atoms with Crippen molar-refractivity contribution in [3.63, 3.8) is 0 Å². The van der Waals surface area contributed by atoms with Crippen LogP contribution < -0.4 is 10.9 Å². The lowest BCUT2D eigenvalue weighted by Gasteiger charge is -2.09. The Balaban J connectivity index is 1.65. The molecular weight excluding hydrogens is 428 g/mol. The van der Waals surface area contributed by atoms with Gasteiger partial charge in [0.1, 0.15) is 11.5 Å². The maximum absolute atomic E-state index is 12.7. The van der Waals surface area contributed by atoms with Crippen LogP contribution in [0.1, 0.15) is 24.6 Å². The van der Waals surface area contributed by atoms with Crippen LogP contribution in [0.2, 0.25) is 0 Å². The van der Waals surface area contributed by atoms with Crippen LogP contribution in [0.4, 0.5) is 11.5 Å². The highest BCUT2D eigenvalue weighted by Crippen LogP contribution is 2.24. The molecule has 33 heavy (non-hydrogen) atoms. The van der Waals surface area contributed by atoms with Gasteiger partial charge in [-0.15, -0.1) is 0 Å². The Morgan fingerprint density at radius 2 is 2.03 bits per heavy atom. The molecule has 0 saturated heterocycles. The average Bonchev–Trinajstić information content (AvgIpc) is 3.44. The Hall–Kier alpha value is -4.54. The molecule has 0 fully saturated rings. The number of nitrogens with zero attached hydrogens (tertiary/aromatic N) is 4. The van der Waals surface area contributed by atoms with E-state index in [1.54, 1.807) is 18.2 Å². The number of carbonyl (C=O) groups excluding carboxylic acids is 1. The topological polar surface area (TPSA) is 149 Å². The van der Waals surface area contributed by atoms with Gasteiger partial charge >= 0.3 is 0 Å². The quantitative estimate of drug-likeness (QED) is 0.310. The van der Waals surface area contributed by atoms with Crippen molar-refractivity contribution < 1.29 is 14.1 Å². The number of nitrogens with one attached hydrogen (secondary N) is 2. The fraction of sp³-hybridized carbons (Fsp3) is 0.182. The van der Waals surface area contributed by atoms with Crippen LogP contribution in [0.5, 0.6) is 0 Å². The number of nitro benzene ring substituents is 1. The number of rotatable bonds is 8. The molecule has 0 bridgehead atoms. The van der Waals surface area contributed by atoms with Crippen LogP contribution in [-0.4, -0.2) is 30.6 Å². The largest absolute Gasteiger partial charge is 0.463 e. The molecule has 11 nitrogen and oxygen atoms in total. The fourth-order valence-corrected chi connectivity index (χ4v) is 3.26. The highest BCUT2D eigenvalue weighted by molar-refractivity contribution is 5.92. The summed E-state index contributed by atoms with van der Waals surface area (Å²) in [5.74, 6) is 0.550. The first-order valence-electron chi connectivity index (χ1n) is 10.2. The van der Waals surface area contributed by atoms with E-state index < -0.39 is 4.92 Å². The number of aryl methyl sites for hydroxylation is 1. The first-order valence-corrected chi connectivity index (χ1v) is 10.2. The third kappa shape index (κ3) is 5.03. The first-order chi connectivity index (χ1) is 15.9. The number of amides is 1. The van der Waals surface area contributed by atoms with Crippen molar-refractivity contribution in [2.75, 3.05) is 5.32 Å². The van der Waals surface area contributed by atoms with Gasteiger partial charge in [-0.05, 0) is 24.1 Å². The Morgan fingerprint density at radius 3 is 2.70 bits per heavy atom. The fourth-order valence-electron chi connectivity index (χ4n) is 3.26. The number of non-ortho nitro benzene ring substituents is 1. The van der Waals surface area contributed by atoms with Gasteiger partial charge in [-0.25, -0.2) is 4.98 Å². The molecule has 0 aliphatic carbocycles. The molecule has 0 aliphatic heterocycles. The van der Waals surface area contributed by atoms with E-state index in [1.165, 1.54) is 41.3 Å². The van der Waals surface area contributed by atoms with Crippen molar-refractivity contribution in [2.45, 2.75) is 26.2 Å². The molecule has 0 radical (unpaired) electrons. The molecule has 0 aliphatic rings. The zero-order valence-electron chi connectivity index (χ0n) is 17.6. The molecule has 2 N–H and O–H groups in total. The Kier molecular flexibility index (Phi) is 6.11. The second-order valence-electron chi connectivity index (χ2n) is 7.26. The number of hydrogen-bond donors (Lipinski definition) is 2. The zero-order valence-corrected chi connectivity index (χ0v) is 17.6. The van der Waals surface area contributed by atoms with E-state index in [0.29, 0.717) is 29.1 Å². The van der Waals surface area contributed by atoms with E-state index in [1.807, 2.05) is 6.92 Å². The summed E-state index contributed by atoms with van der Waals surface area (Å²) in [4.78, 5) is 42.3. The smallest absolute Gasteiger partial charge is 0.269 e. The molecule has 3 aromatic heterocycles. The summed E-state index contributed by atoms with van der Waals surface area (Å²) in [5.41, 5.74) is 1.26. The van der Waals surface area contributed by atoms with Crippen molar-refractivity contribution in [1.82, 2.24) is 19.7 Å². The summed E-state index contributed by atoms with van der Waals surface area (Å²) in [6, 6.07) is 12.2. The van der Waals surface area contributed by atoms with Crippen molar-refractivity contribution in [1.29, 1.82) is 0 Å². The van der Waals surface area contributed by atoms with Crippen LogP contribution in [0.25, 0.3) is 17.4 Å². The van der Waals surface area contributed by atoms with Gasteiger partial charge in [0.15, 0.2) is 5.76 Å². The monoisotopic (exact) mass is 448 g/mol. The maximum atomic E-state index is 12.7. The standard InChI is InChI=1S/C22H20N6O5/c1-2-4-15-12-21(30)25-22(23-15)27-19(13-17(26-27)18-5-3-10-33-18)24-20(29)11-14-6-8-16(9-7-14)28(31)32/h3,5-10,12-13H,2,4,11H2,1H3,(H,24,29)(H,23,25,30). The van der Waals surface area contributed by atoms with Crippen LogP contribution in [-0.2, 0) is 17.6 Å². The predicted octanol–water partition coefficient (Wildman–Crippen LogP) is 3.26. The lowest BCUT2D eigenvalue weighted by Crippen LogP contribution is -2.20. The summed E-state index contributed by atoms with van der Waals surface area (Å²) in [5, 5.41) is 18.0. The third-order valence-electron chi connectivity index (χ3n) is 4.75. The van der Waals surface area contributed by atoms with E-state index in [9.17, 15) is 19.7 Å². The Bertz CT molecular complexity index is 1340. The number of carbonyl (C=O) groups is 1. The second-order valence-corrected chi connectivity index (χ2v) is 7.26. The molecular formula is C22H20N6O5. The summed E-state index contributed by atoms with van der Waals surface area (Å²) in [7, 11) is 0. The number of benzene rings is 1. The molecule has 3 heterocycles. The lowest BCUT2D eigenvalue weighted by atomic mass is 10.1. The normalized spacial score (nSPS) is 10.8. The van der Waals surface area contributed by atoms with E-state index in [2.05, 4.69) is 20.4 Å². The third-order valence-corrected chi connectivity index (χ3v) is 4.75. The van der Waals surface area contributed by atoms with Gasteiger partial charge in [-0.1, -0.05) is 25.5 Å². The highest BCUT2D eigenvalue weighted by Gasteiger charge is 2.18. The van der Waals surface area contributed by atoms with E-state index in [4.69, 9.17) is 4.42 Å². The number of furan rings is 1. The molecule has 11 heteroatoms. The SMILES string of the molecule is CCCc1cc(=O)[nH]c(-n2nc(-c3ccco3)cc2NC(=O)Cc2ccc([N+](=O)[O-])cc2)n1. The molecule has 1 amide bonds. The number of anilines is 1. The van der Waals surface area contributed by atoms with E-state index >= 15 is 0 Å². The summed E-state index contributed by atoms with van der Waals surface area (Å²) >= 11 is 0. The van der Waals surface area contributed by atoms with Crippen LogP contribution in [0.3, 0.4) is 0 Å². The number of hydrogen-bond acceptors (Lipinski definition) is 7. The number of H-pyrrole nitrogens is 1. The Labute approximate surface area is 187 Å². The molecule has 4 rings (SSSR count). The Morgan fingerprint density at radius 1 is 1.24 bits per heavy atom. The van der Waals surface area contributed by atoms with Gasteiger partial charge in [0.05, 0.1) is 17.6 Å². The number of aromatic nitrogens is 4. The van der Waals surface area contributed by atoms with Gasteiger partial charge in [-0.3, -0.25) is 24.7 Å². The number of aromatic amines is 1. The molecule has 0 spiro atoms. The molecule has 0 saturated carbocycles. The van der Waals surface area contributed by atoms with Gasteiger partial charge in [0.2, 0.25) is 11.9 Å². The van der Waals surface area contributed by atoms with E-state index in [0.717, 1.165) is 6.42 Å². The van der Waals surface area contributed by atoms with Gasteiger partial charge in [-0.2, -0.15) is 9.78 Å². The maximum Gasteiger partial charge on any atom is 0.269 e. The van der Waals surface area contributed by atoms with Gasteiger partial charge < -0.3 is 9.73 Å². The minimum Gasteiger partial charge on any atom is -0.463 e. The van der Waals surface area contributed by atoms with E-state index in [-0.39, 0.29) is 35.3 Å². The van der Waals surface area contributed by atoms with Crippen molar-refractivity contribution in [3.8, 4) is 17.4 Å². The predicted molar refractivity (Wildman–Crippen MR) is 119 cm³/mol. The number of nitro groups is 1. The van der Waals surface area contributed by atoms with Crippen molar-refractivity contribution in [3.05, 3.63) is 86.5 Å². The van der Waals surface area contributed by atoms with Gasteiger partial charge in [0.25, 0.3) is 11.2 Å². The van der Waals surface area contributed by atoms with Crippen LogP contribution in [0, 0.1) is 10.1 Å². The van der Waals surface area contributed by atoms with Gasteiger partial charge in [0, 0.05) is 30.0 Å². The lowest BCUT2D eigenvalue weighted by molar-refractivity contribution is -0.384. The minimum absolute atomic E-state index is 0.0148. The van der Waals surface area contributed by atoms with Crippen molar-refractivity contribution in [2.24, 2.45) is 0 Å². The molecule has 1 aromatic carbocycles. The second kappa shape index (κ2) is 9.30. The van der Waals surface area contributed by atoms with Crippen LogP contribution in [0.15, 0.2) is 64.0 Å². The summed E-state index contributed by atoms with van der Waals surface area (Å²) in [6.45, 7) is 1.98. The van der Waals surface area contributed by atoms with Crippen LogP contribution >= 0.6 is 0 Å². The minimum atomic E-state index is -0.501. The highest BCUT2D eigenvalue weighted by atomic mass is 16.6.